The molecule has 1 aromatic carbocycles. The van der Waals surface area contributed by atoms with Gasteiger partial charge in [0.25, 0.3) is 0 Å². The highest BCUT2D eigenvalue weighted by molar-refractivity contribution is 5.77. The number of methoxy groups -OCH3 is 1. The van der Waals surface area contributed by atoms with Gasteiger partial charge in [-0.3, -0.25) is 9.69 Å². The van der Waals surface area contributed by atoms with Gasteiger partial charge in [-0.2, -0.15) is 0 Å². The van der Waals surface area contributed by atoms with Crippen LogP contribution in [-0.2, 0) is 4.79 Å². The van der Waals surface area contributed by atoms with Gasteiger partial charge in [0, 0.05) is 20.1 Å². The van der Waals surface area contributed by atoms with Gasteiger partial charge < -0.3 is 15.4 Å². The summed E-state index contributed by atoms with van der Waals surface area (Å²) in [6, 6.07) is 7.80. The summed E-state index contributed by atoms with van der Waals surface area (Å²) in [5.41, 5.74) is 7.35. The van der Waals surface area contributed by atoms with Gasteiger partial charge in [-0.1, -0.05) is 19.1 Å². The predicted octanol–water partition coefficient (Wildman–Crippen LogP) is 1.49. The van der Waals surface area contributed by atoms with Crippen LogP contribution in [-0.4, -0.2) is 56.5 Å². The van der Waals surface area contributed by atoms with E-state index in [4.69, 9.17) is 10.5 Å². The fourth-order valence-electron chi connectivity index (χ4n) is 2.33. The molecule has 1 amide bonds. The Labute approximate surface area is 127 Å². The Kier molecular flexibility index (Phi) is 6.65. The van der Waals surface area contributed by atoms with Crippen LogP contribution in [0.1, 0.15) is 24.9 Å². The van der Waals surface area contributed by atoms with Crippen molar-refractivity contribution in [1.29, 1.82) is 0 Å². The Morgan fingerprint density at radius 1 is 1.33 bits per heavy atom. The van der Waals surface area contributed by atoms with E-state index >= 15 is 0 Å². The quantitative estimate of drug-likeness (QED) is 0.827. The Bertz CT molecular complexity index is 463. The number of likely N-dealkylation sites (N-methyl/N-ethyl adjacent to an activating group) is 2. The van der Waals surface area contributed by atoms with E-state index in [1.54, 1.807) is 26.1 Å². The zero-order valence-corrected chi connectivity index (χ0v) is 13.7. The first kappa shape index (κ1) is 17.5. The minimum atomic E-state index is -0.0444. The SMILES string of the molecule is CCC(N)C(c1cccc(OC)c1)N(C)CC(=O)N(C)C. The fraction of sp³-hybridized carbons (Fsp3) is 0.562. The van der Waals surface area contributed by atoms with Crippen molar-refractivity contribution in [1.82, 2.24) is 9.80 Å². The molecule has 0 aromatic heterocycles. The maximum absolute atomic E-state index is 11.9. The first-order chi connectivity index (χ1) is 9.90. The second kappa shape index (κ2) is 8.00. The number of carbonyl (C=O) groups is 1. The monoisotopic (exact) mass is 293 g/mol. The van der Waals surface area contributed by atoms with E-state index < -0.39 is 0 Å². The van der Waals surface area contributed by atoms with Crippen LogP contribution in [0, 0.1) is 0 Å². The standard InChI is InChI=1S/C16H27N3O2/c1-6-14(17)16(19(4)11-15(20)18(2)3)12-8-7-9-13(10-12)21-5/h7-10,14,16H,6,11,17H2,1-5H3. The molecule has 2 unspecified atom stereocenters. The molecule has 0 saturated heterocycles. The van der Waals surface area contributed by atoms with Crippen molar-refractivity contribution in [3.63, 3.8) is 0 Å². The van der Waals surface area contributed by atoms with Crippen molar-refractivity contribution in [2.75, 3.05) is 34.8 Å². The van der Waals surface area contributed by atoms with E-state index in [1.807, 2.05) is 36.2 Å². The van der Waals surface area contributed by atoms with Gasteiger partial charge in [0.15, 0.2) is 0 Å². The average molecular weight is 293 g/mol. The van der Waals surface area contributed by atoms with E-state index in [0.29, 0.717) is 6.54 Å². The maximum atomic E-state index is 11.9. The third-order valence-electron chi connectivity index (χ3n) is 3.67. The summed E-state index contributed by atoms with van der Waals surface area (Å²) in [7, 11) is 7.10. The summed E-state index contributed by atoms with van der Waals surface area (Å²) >= 11 is 0. The smallest absolute Gasteiger partial charge is 0.236 e. The van der Waals surface area contributed by atoms with Crippen molar-refractivity contribution in [2.24, 2.45) is 5.73 Å². The molecule has 21 heavy (non-hydrogen) atoms. The van der Waals surface area contributed by atoms with Gasteiger partial charge in [0.05, 0.1) is 19.7 Å². The summed E-state index contributed by atoms with van der Waals surface area (Å²) in [5, 5.41) is 0. The van der Waals surface area contributed by atoms with E-state index in [1.165, 1.54) is 0 Å². The lowest BCUT2D eigenvalue weighted by atomic mass is 9.96. The number of nitrogens with zero attached hydrogens (tertiary/aromatic N) is 2. The van der Waals surface area contributed by atoms with Gasteiger partial charge in [-0.25, -0.2) is 0 Å². The molecule has 2 atom stereocenters. The van der Waals surface area contributed by atoms with Crippen molar-refractivity contribution in [3.05, 3.63) is 29.8 Å². The third-order valence-corrected chi connectivity index (χ3v) is 3.67. The molecule has 0 heterocycles. The lowest BCUT2D eigenvalue weighted by Crippen LogP contribution is -2.43. The summed E-state index contributed by atoms with van der Waals surface area (Å²) < 4.78 is 5.28. The number of carbonyl (C=O) groups excluding carboxylic acids is 1. The largest absolute Gasteiger partial charge is 0.497 e. The van der Waals surface area contributed by atoms with Crippen LogP contribution in [0.2, 0.25) is 0 Å². The molecular formula is C16H27N3O2. The van der Waals surface area contributed by atoms with Crippen LogP contribution in [0.4, 0.5) is 0 Å². The average Bonchev–Trinajstić information content (AvgIpc) is 2.47. The van der Waals surface area contributed by atoms with E-state index in [-0.39, 0.29) is 18.0 Å². The van der Waals surface area contributed by atoms with Crippen LogP contribution in [0.3, 0.4) is 0 Å². The molecule has 1 rings (SSSR count). The molecule has 0 fully saturated rings. The highest BCUT2D eigenvalue weighted by Gasteiger charge is 2.25. The molecule has 118 valence electrons. The van der Waals surface area contributed by atoms with E-state index in [9.17, 15) is 4.79 Å². The Morgan fingerprint density at radius 3 is 2.52 bits per heavy atom. The fourth-order valence-corrected chi connectivity index (χ4v) is 2.33. The molecular weight excluding hydrogens is 266 g/mol. The number of rotatable bonds is 7. The number of hydrogen-bond acceptors (Lipinski definition) is 4. The number of benzene rings is 1. The normalized spacial score (nSPS) is 13.9. The molecule has 0 radical (unpaired) electrons. The first-order valence-electron chi connectivity index (χ1n) is 7.20. The molecule has 0 spiro atoms. The van der Waals surface area contributed by atoms with Gasteiger partial charge in [-0.15, -0.1) is 0 Å². The zero-order valence-electron chi connectivity index (χ0n) is 13.7. The summed E-state index contributed by atoms with van der Waals surface area (Å²) in [6.45, 7) is 2.39. The van der Waals surface area contributed by atoms with Crippen LogP contribution in [0.5, 0.6) is 5.75 Å². The number of ether oxygens (including phenoxy) is 1. The van der Waals surface area contributed by atoms with Crippen LogP contribution >= 0.6 is 0 Å². The lowest BCUT2D eigenvalue weighted by molar-refractivity contribution is -0.130. The maximum Gasteiger partial charge on any atom is 0.236 e. The van der Waals surface area contributed by atoms with Crippen LogP contribution < -0.4 is 10.5 Å². The second-order valence-electron chi connectivity index (χ2n) is 5.50. The molecule has 0 saturated carbocycles. The predicted molar refractivity (Wildman–Crippen MR) is 85.3 cm³/mol. The second-order valence-corrected chi connectivity index (χ2v) is 5.50. The summed E-state index contributed by atoms with van der Waals surface area (Å²) in [4.78, 5) is 15.5. The highest BCUT2D eigenvalue weighted by atomic mass is 16.5. The third kappa shape index (κ3) is 4.72. The molecule has 0 bridgehead atoms. The minimum Gasteiger partial charge on any atom is -0.497 e. The summed E-state index contributed by atoms with van der Waals surface area (Å²) in [5.74, 6) is 0.863. The minimum absolute atomic E-state index is 0.0194. The Morgan fingerprint density at radius 2 is 2.00 bits per heavy atom. The molecule has 5 nitrogen and oxygen atoms in total. The Hall–Kier alpha value is -1.59. The van der Waals surface area contributed by atoms with Gasteiger partial charge in [0.1, 0.15) is 5.75 Å². The molecule has 0 aliphatic rings. The van der Waals surface area contributed by atoms with Crippen molar-refractivity contribution >= 4 is 5.91 Å². The summed E-state index contributed by atoms with van der Waals surface area (Å²) in [6.07, 6.45) is 0.836. The molecule has 0 aliphatic carbocycles. The van der Waals surface area contributed by atoms with Gasteiger partial charge in [-0.05, 0) is 31.2 Å². The first-order valence-corrected chi connectivity index (χ1v) is 7.20. The van der Waals surface area contributed by atoms with Crippen molar-refractivity contribution in [3.8, 4) is 5.75 Å². The number of hydrogen-bond donors (Lipinski definition) is 1. The molecule has 0 aliphatic heterocycles. The van der Waals surface area contributed by atoms with Crippen molar-refractivity contribution < 1.29 is 9.53 Å². The van der Waals surface area contributed by atoms with E-state index in [2.05, 4.69) is 6.92 Å². The number of nitrogens with two attached hydrogens (primary N) is 1. The van der Waals surface area contributed by atoms with Crippen LogP contribution in [0.15, 0.2) is 24.3 Å². The highest BCUT2D eigenvalue weighted by Crippen LogP contribution is 2.26. The van der Waals surface area contributed by atoms with E-state index in [0.717, 1.165) is 17.7 Å². The number of amides is 1. The van der Waals surface area contributed by atoms with Crippen molar-refractivity contribution in [2.45, 2.75) is 25.4 Å². The van der Waals surface area contributed by atoms with Crippen LogP contribution in [0.25, 0.3) is 0 Å². The molecule has 5 heteroatoms. The zero-order chi connectivity index (χ0) is 16.0. The lowest BCUT2D eigenvalue weighted by Gasteiger charge is -2.33. The molecule has 2 N–H and O–H groups in total. The van der Waals surface area contributed by atoms with Gasteiger partial charge >= 0.3 is 0 Å². The van der Waals surface area contributed by atoms with Gasteiger partial charge in [0.2, 0.25) is 5.91 Å². The molecule has 1 aromatic rings. The Balaban J connectivity index is 3.01. The topological polar surface area (TPSA) is 58.8 Å².